The molecule has 0 aromatic carbocycles. The smallest absolute Gasteiger partial charge is 0.306 e. The molecule has 0 aromatic rings. The van der Waals surface area contributed by atoms with Crippen LogP contribution in [0.4, 0.5) is 0 Å². The highest BCUT2D eigenvalue weighted by Gasteiger charge is 2.14. The van der Waals surface area contributed by atoms with Crippen molar-refractivity contribution in [2.75, 3.05) is 60.8 Å². The van der Waals surface area contributed by atoms with E-state index in [9.17, 15) is 9.59 Å². The molecular weight excluding hydrogens is 346 g/mol. The third kappa shape index (κ3) is 14.0. The van der Waals surface area contributed by atoms with E-state index in [0.717, 1.165) is 0 Å². The second-order valence-corrected chi connectivity index (χ2v) is 5.73. The monoisotopic (exact) mass is 379 g/mol. The van der Waals surface area contributed by atoms with Gasteiger partial charge in [-0.05, 0) is 25.9 Å². The average molecular weight is 379 g/mol. The fourth-order valence-corrected chi connectivity index (χ4v) is 2.13. The van der Waals surface area contributed by atoms with Crippen LogP contribution in [-0.2, 0) is 33.3 Å². The van der Waals surface area contributed by atoms with Gasteiger partial charge in [0.1, 0.15) is 12.2 Å². The first-order chi connectivity index (χ1) is 12.6. The molecule has 0 saturated heterocycles. The minimum absolute atomic E-state index is 0.173. The zero-order chi connectivity index (χ0) is 19.6. The van der Waals surface area contributed by atoms with Gasteiger partial charge in [0.25, 0.3) is 0 Å². The number of carbonyl (C=O) groups excluding carboxylic acids is 2. The van der Waals surface area contributed by atoms with Crippen molar-refractivity contribution >= 4 is 11.9 Å². The van der Waals surface area contributed by atoms with Gasteiger partial charge >= 0.3 is 11.9 Å². The highest BCUT2D eigenvalue weighted by molar-refractivity contribution is 5.69. The fraction of sp³-hybridized carbons (Fsp3) is 0.882. The molecule has 0 fully saturated rings. The Kier molecular flexibility index (Phi) is 16.3. The van der Waals surface area contributed by atoms with Crippen LogP contribution in [0.2, 0.25) is 0 Å². The quantitative estimate of drug-likeness (QED) is 0.264. The Balaban J connectivity index is 3.65. The van der Waals surface area contributed by atoms with Crippen LogP contribution in [0.15, 0.2) is 0 Å². The Morgan fingerprint density at radius 2 is 1.23 bits per heavy atom. The summed E-state index contributed by atoms with van der Waals surface area (Å²) in [4.78, 5) is 23.3. The summed E-state index contributed by atoms with van der Waals surface area (Å²) < 4.78 is 25.1. The zero-order valence-electron chi connectivity index (χ0n) is 16.0. The molecule has 0 aliphatic carbocycles. The van der Waals surface area contributed by atoms with Crippen LogP contribution in [0.1, 0.15) is 25.7 Å². The summed E-state index contributed by atoms with van der Waals surface area (Å²) in [5.41, 5.74) is 0. The van der Waals surface area contributed by atoms with Crippen molar-refractivity contribution in [3.8, 4) is 0 Å². The first-order valence-electron chi connectivity index (χ1n) is 8.74. The maximum atomic E-state index is 11.7. The summed E-state index contributed by atoms with van der Waals surface area (Å²) in [7, 11) is 4.56. The maximum Gasteiger partial charge on any atom is 0.306 e. The largest absolute Gasteiger partial charge is 0.457 e. The Bertz CT molecular complexity index is 361. The predicted octanol–water partition coefficient (Wildman–Crippen LogP) is -0.108. The summed E-state index contributed by atoms with van der Waals surface area (Å²) in [6, 6.07) is 0. The van der Waals surface area contributed by atoms with Crippen molar-refractivity contribution in [3.05, 3.63) is 0 Å². The topological polar surface area (TPSA) is 113 Å². The van der Waals surface area contributed by atoms with Gasteiger partial charge in [0.05, 0.1) is 26.4 Å². The van der Waals surface area contributed by atoms with Gasteiger partial charge < -0.3 is 34.1 Å². The molecule has 0 radical (unpaired) electrons. The molecule has 0 saturated carbocycles. The van der Waals surface area contributed by atoms with E-state index in [1.807, 2.05) is 0 Å². The highest BCUT2D eigenvalue weighted by atomic mass is 16.6. The average Bonchev–Trinajstić information content (AvgIpc) is 2.60. The van der Waals surface area contributed by atoms with Crippen LogP contribution in [-0.4, -0.2) is 90.1 Å². The standard InChI is InChI=1S/C17H33NO8/c1-22-11-14(10-19)25-16(20)6-4-8-18-9-5-7-17(21)26-15(12-23-2)13-24-3/h14-15,18-19H,4-13H2,1-3H3. The van der Waals surface area contributed by atoms with Crippen molar-refractivity contribution in [2.24, 2.45) is 0 Å². The lowest BCUT2D eigenvalue weighted by atomic mass is 10.2. The SMILES string of the molecule is COCC(CO)OC(=O)CCCNCCCC(=O)OC(COC)COC. The summed E-state index contributed by atoms with van der Waals surface area (Å²) >= 11 is 0. The molecule has 0 rings (SSSR count). The van der Waals surface area contributed by atoms with Crippen LogP contribution in [0.5, 0.6) is 0 Å². The van der Waals surface area contributed by atoms with E-state index >= 15 is 0 Å². The molecule has 0 heterocycles. The van der Waals surface area contributed by atoms with E-state index in [0.29, 0.717) is 45.6 Å². The van der Waals surface area contributed by atoms with Crippen LogP contribution in [0.25, 0.3) is 0 Å². The predicted molar refractivity (Wildman–Crippen MR) is 93.8 cm³/mol. The Morgan fingerprint density at radius 1 is 0.808 bits per heavy atom. The first kappa shape index (κ1) is 24.7. The summed E-state index contributed by atoms with van der Waals surface area (Å²) in [5.74, 6) is -0.656. The lowest BCUT2D eigenvalue weighted by Gasteiger charge is -2.16. The van der Waals surface area contributed by atoms with Crippen molar-refractivity contribution in [2.45, 2.75) is 37.9 Å². The van der Waals surface area contributed by atoms with E-state index in [-0.39, 0.29) is 31.6 Å². The van der Waals surface area contributed by atoms with E-state index in [1.165, 1.54) is 21.3 Å². The molecule has 1 atom stereocenters. The second kappa shape index (κ2) is 17.2. The van der Waals surface area contributed by atoms with E-state index in [4.69, 9.17) is 28.8 Å². The van der Waals surface area contributed by atoms with Gasteiger partial charge in [0, 0.05) is 34.2 Å². The lowest BCUT2D eigenvalue weighted by molar-refractivity contribution is -0.155. The number of methoxy groups -OCH3 is 3. The third-order valence-corrected chi connectivity index (χ3v) is 3.33. The lowest BCUT2D eigenvalue weighted by Crippen LogP contribution is -2.28. The molecule has 0 amide bonds. The Morgan fingerprint density at radius 3 is 1.65 bits per heavy atom. The van der Waals surface area contributed by atoms with Crippen LogP contribution < -0.4 is 5.32 Å². The number of ether oxygens (including phenoxy) is 5. The van der Waals surface area contributed by atoms with Crippen LogP contribution in [0, 0.1) is 0 Å². The van der Waals surface area contributed by atoms with Gasteiger partial charge in [-0.15, -0.1) is 0 Å². The molecule has 9 nitrogen and oxygen atoms in total. The normalized spacial score (nSPS) is 12.2. The first-order valence-corrected chi connectivity index (χ1v) is 8.74. The van der Waals surface area contributed by atoms with Gasteiger partial charge in [0.15, 0.2) is 0 Å². The summed E-state index contributed by atoms with van der Waals surface area (Å²) in [6.45, 7) is 1.79. The molecule has 0 aliphatic rings. The number of rotatable bonds is 17. The molecule has 154 valence electrons. The number of aliphatic hydroxyl groups is 1. The molecular formula is C17H33NO8. The minimum atomic E-state index is -0.619. The fourth-order valence-electron chi connectivity index (χ4n) is 2.13. The molecule has 26 heavy (non-hydrogen) atoms. The number of carbonyl (C=O) groups is 2. The summed E-state index contributed by atoms with van der Waals surface area (Å²) in [6.07, 6.45) is 0.789. The Labute approximate surface area is 155 Å². The zero-order valence-corrected chi connectivity index (χ0v) is 16.0. The minimum Gasteiger partial charge on any atom is -0.457 e. The van der Waals surface area contributed by atoms with Gasteiger partial charge in [-0.3, -0.25) is 9.59 Å². The number of esters is 2. The molecule has 0 aromatic heterocycles. The van der Waals surface area contributed by atoms with Gasteiger partial charge in [-0.25, -0.2) is 0 Å². The molecule has 9 heteroatoms. The van der Waals surface area contributed by atoms with E-state index in [2.05, 4.69) is 5.32 Å². The molecule has 2 N–H and O–H groups in total. The number of hydrogen-bond donors (Lipinski definition) is 2. The third-order valence-electron chi connectivity index (χ3n) is 3.33. The molecule has 0 bridgehead atoms. The van der Waals surface area contributed by atoms with Gasteiger partial charge in [0.2, 0.25) is 0 Å². The van der Waals surface area contributed by atoms with Crippen LogP contribution in [0.3, 0.4) is 0 Å². The molecule has 0 spiro atoms. The highest BCUT2D eigenvalue weighted by Crippen LogP contribution is 2.01. The van der Waals surface area contributed by atoms with Crippen molar-refractivity contribution < 1.29 is 38.4 Å². The number of hydrogen-bond acceptors (Lipinski definition) is 9. The van der Waals surface area contributed by atoms with Crippen molar-refractivity contribution in [1.29, 1.82) is 0 Å². The maximum absolute atomic E-state index is 11.7. The van der Waals surface area contributed by atoms with E-state index in [1.54, 1.807) is 0 Å². The van der Waals surface area contributed by atoms with Crippen LogP contribution >= 0.6 is 0 Å². The van der Waals surface area contributed by atoms with Gasteiger partial charge in [-0.2, -0.15) is 0 Å². The Hall–Kier alpha value is -1.26. The van der Waals surface area contributed by atoms with Crippen molar-refractivity contribution in [1.82, 2.24) is 5.32 Å². The van der Waals surface area contributed by atoms with Crippen molar-refractivity contribution in [3.63, 3.8) is 0 Å². The van der Waals surface area contributed by atoms with Gasteiger partial charge in [-0.1, -0.05) is 0 Å². The van der Waals surface area contributed by atoms with E-state index < -0.39 is 12.2 Å². The number of nitrogens with one attached hydrogen (secondary N) is 1. The second-order valence-electron chi connectivity index (χ2n) is 5.73. The molecule has 0 aliphatic heterocycles. The summed E-state index contributed by atoms with van der Waals surface area (Å²) in [5, 5.41) is 12.2. The molecule has 1 unspecified atom stereocenters. The number of aliphatic hydroxyl groups excluding tert-OH is 1.